The molecule has 0 aliphatic carbocycles. The lowest BCUT2D eigenvalue weighted by molar-refractivity contribution is -0.733. The number of rotatable bonds is 8. The van der Waals surface area contributed by atoms with E-state index in [0.717, 1.165) is 0 Å². The van der Waals surface area contributed by atoms with Crippen LogP contribution in [0.5, 0.6) is 0 Å². The summed E-state index contributed by atoms with van der Waals surface area (Å²) in [7, 11) is 0. The van der Waals surface area contributed by atoms with Crippen LogP contribution >= 0.6 is 0 Å². The van der Waals surface area contributed by atoms with E-state index in [1.165, 1.54) is 12.4 Å². The number of hydrogen-bond donors (Lipinski definition) is 2. The van der Waals surface area contributed by atoms with Gasteiger partial charge in [-0.05, 0) is 12.1 Å². The second kappa shape index (κ2) is 15.4. The molecule has 28 heavy (non-hydrogen) atoms. The minimum Gasteiger partial charge on any atom is -1.00 e. The Bertz CT molecular complexity index is 757. The summed E-state index contributed by atoms with van der Waals surface area (Å²) in [6, 6.07) is 11.0. The van der Waals surface area contributed by atoms with Crippen molar-refractivity contribution in [3.63, 3.8) is 0 Å². The molecule has 2 heterocycles. The molecule has 2 aromatic heterocycles. The number of hydrogen-bond acceptors (Lipinski definition) is 6. The largest absolute Gasteiger partial charge is 1.00 e. The van der Waals surface area contributed by atoms with E-state index >= 15 is 0 Å². The van der Waals surface area contributed by atoms with Crippen molar-refractivity contribution in [3.8, 4) is 11.8 Å². The Hall–Kier alpha value is -2.70. The summed E-state index contributed by atoms with van der Waals surface area (Å²) < 4.78 is 14.5. The quantitative estimate of drug-likeness (QED) is 0.110. The molecule has 0 unspecified atom stereocenters. The van der Waals surface area contributed by atoms with Gasteiger partial charge in [0.15, 0.2) is 12.4 Å². The summed E-state index contributed by atoms with van der Waals surface area (Å²) in [5.41, 5.74) is 1.43. The van der Waals surface area contributed by atoms with Gasteiger partial charge in [-0.15, -0.1) is 0 Å². The normalized spacial score (nSPS) is 10.1. The molecule has 2 rings (SSSR count). The number of pyridine rings is 2. The van der Waals surface area contributed by atoms with Gasteiger partial charge in [0.1, 0.15) is 25.6 Å². The Labute approximate surface area is 175 Å². The van der Waals surface area contributed by atoms with E-state index in [-0.39, 0.29) is 38.0 Å². The van der Waals surface area contributed by atoms with Gasteiger partial charge in [-0.2, -0.15) is 9.13 Å². The number of nitrogens with zero attached hydrogens (tertiary/aromatic N) is 4. The van der Waals surface area contributed by atoms with Crippen LogP contribution in [0.4, 0.5) is 0 Å². The van der Waals surface area contributed by atoms with Crippen LogP contribution in [-0.4, -0.2) is 36.1 Å². The maximum absolute atomic E-state index is 8.62. The minimum atomic E-state index is 0. The molecule has 2 aromatic rings. The zero-order valence-electron chi connectivity index (χ0n) is 14.9. The van der Waals surface area contributed by atoms with Gasteiger partial charge in [0.2, 0.25) is 11.4 Å². The highest BCUT2D eigenvalue weighted by atomic mass is 35.5. The lowest BCUT2D eigenvalue weighted by atomic mass is 10.3. The molecule has 150 valence electrons. The van der Waals surface area contributed by atoms with Crippen LogP contribution in [0.1, 0.15) is 11.4 Å². The third-order valence-electron chi connectivity index (χ3n) is 3.27. The van der Waals surface area contributed by atoms with Crippen LogP contribution in [0.2, 0.25) is 0 Å². The highest BCUT2D eigenvalue weighted by Crippen LogP contribution is 1.89. The zero-order chi connectivity index (χ0) is 18.5. The number of aromatic nitrogens is 2. The molecule has 10 heteroatoms. The van der Waals surface area contributed by atoms with Gasteiger partial charge in [-0.25, -0.2) is 0 Å². The van der Waals surface area contributed by atoms with Crippen LogP contribution < -0.4 is 33.9 Å². The standard InChI is InChI=1S/C18H18N4O4.2ClH/c23-19-13-17-7-1-3-9-21(17)15-25-11-5-6-12-26-16-22-10-4-2-8-18(22)14-20-24;;/h1-4,7-10,13-14H,11-12,15-16H2;2*1H. The van der Waals surface area contributed by atoms with Crippen molar-refractivity contribution < 1.29 is 53.8 Å². The second-order valence-corrected chi connectivity index (χ2v) is 4.99. The Morgan fingerprint density at radius 1 is 0.786 bits per heavy atom. The van der Waals surface area contributed by atoms with E-state index in [9.17, 15) is 0 Å². The van der Waals surface area contributed by atoms with Gasteiger partial charge < -0.3 is 44.7 Å². The molecule has 0 saturated heterocycles. The van der Waals surface area contributed by atoms with E-state index < -0.39 is 0 Å². The maximum Gasteiger partial charge on any atom is 0.254 e. The van der Waals surface area contributed by atoms with Gasteiger partial charge in [0.05, 0.1) is 0 Å². The molecule has 0 saturated carbocycles. The van der Waals surface area contributed by atoms with Crippen molar-refractivity contribution in [2.24, 2.45) is 10.3 Å². The van der Waals surface area contributed by atoms with Gasteiger partial charge in [-0.3, -0.25) is 0 Å². The lowest BCUT2D eigenvalue weighted by Gasteiger charge is -1.99. The Morgan fingerprint density at radius 3 is 1.61 bits per heavy atom. The minimum absolute atomic E-state index is 0. The maximum atomic E-state index is 8.62. The first-order chi connectivity index (χ1) is 12.8. The predicted molar refractivity (Wildman–Crippen MR) is 91.7 cm³/mol. The lowest BCUT2D eigenvalue weighted by Crippen LogP contribution is -3.00. The molecule has 0 fully saturated rings. The van der Waals surface area contributed by atoms with E-state index in [1.54, 1.807) is 21.3 Å². The zero-order valence-corrected chi connectivity index (χ0v) is 16.4. The molecule has 0 radical (unpaired) electrons. The summed E-state index contributed by atoms with van der Waals surface area (Å²) >= 11 is 0. The molecular formula is C18H20Cl2N4O4. The molecule has 0 atom stereocenters. The van der Waals surface area contributed by atoms with Crippen LogP contribution in [0.3, 0.4) is 0 Å². The number of halogens is 2. The number of oxime groups is 2. The average Bonchev–Trinajstić information content (AvgIpc) is 2.67. The first-order valence-corrected chi connectivity index (χ1v) is 7.78. The summed E-state index contributed by atoms with van der Waals surface area (Å²) in [4.78, 5) is 0. The summed E-state index contributed by atoms with van der Waals surface area (Å²) in [6.07, 6.45) is 6.30. The van der Waals surface area contributed by atoms with E-state index in [4.69, 9.17) is 19.9 Å². The molecule has 0 bridgehead atoms. The van der Waals surface area contributed by atoms with Crippen LogP contribution in [0.15, 0.2) is 59.1 Å². The van der Waals surface area contributed by atoms with Crippen LogP contribution in [-0.2, 0) is 22.9 Å². The first-order valence-electron chi connectivity index (χ1n) is 7.78. The molecule has 0 spiro atoms. The third-order valence-corrected chi connectivity index (χ3v) is 3.27. The summed E-state index contributed by atoms with van der Waals surface area (Å²) in [5, 5.41) is 23.3. The van der Waals surface area contributed by atoms with Crippen LogP contribution in [0.25, 0.3) is 0 Å². The van der Waals surface area contributed by atoms with Crippen LogP contribution in [0, 0.1) is 11.8 Å². The Balaban J connectivity index is 0.00000364. The smallest absolute Gasteiger partial charge is 0.254 e. The fourth-order valence-corrected chi connectivity index (χ4v) is 2.06. The van der Waals surface area contributed by atoms with Gasteiger partial charge in [0, 0.05) is 24.3 Å². The Morgan fingerprint density at radius 2 is 1.21 bits per heavy atom. The van der Waals surface area contributed by atoms with E-state index in [0.29, 0.717) is 24.8 Å². The van der Waals surface area contributed by atoms with Gasteiger partial charge >= 0.3 is 0 Å². The fourth-order valence-electron chi connectivity index (χ4n) is 2.06. The van der Waals surface area contributed by atoms with Crippen molar-refractivity contribution in [2.45, 2.75) is 13.5 Å². The van der Waals surface area contributed by atoms with E-state index in [2.05, 4.69) is 22.2 Å². The molecule has 0 aliphatic heterocycles. The topological polar surface area (TPSA) is 91.4 Å². The Kier molecular flexibility index (Phi) is 13.9. The first kappa shape index (κ1) is 25.3. The highest BCUT2D eigenvalue weighted by Gasteiger charge is 2.07. The molecule has 0 aliphatic rings. The summed E-state index contributed by atoms with van der Waals surface area (Å²) in [5.74, 6) is 5.73. The monoisotopic (exact) mass is 426 g/mol. The second-order valence-electron chi connectivity index (χ2n) is 4.99. The van der Waals surface area contributed by atoms with Gasteiger partial charge in [-0.1, -0.05) is 22.2 Å². The SMILES string of the molecule is O/N=C/c1cccc[n+]1COCC#CCOC[n+]1ccccc1/C=N/O.[Cl-].[Cl-]. The highest BCUT2D eigenvalue weighted by molar-refractivity contribution is 5.74. The average molecular weight is 427 g/mol. The molecule has 0 aromatic carbocycles. The molecule has 2 N–H and O–H groups in total. The number of ether oxygens (including phenoxy) is 2. The molecule has 0 amide bonds. The fraction of sp³-hybridized carbons (Fsp3) is 0.222. The van der Waals surface area contributed by atoms with Crippen molar-refractivity contribution in [2.75, 3.05) is 13.2 Å². The third kappa shape index (κ3) is 8.79. The van der Waals surface area contributed by atoms with Crippen molar-refractivity contribution in [3.05, 3.63) is 60.2 Å². The molecular weight excluding hydrogens is 407 g/mol. The molecule has 8 nitrogen and oxygen atoms in total. The van der Waals surface area contributed by atoms with Crippen molar-refractivity contribution >= 4 is 12.4 Å². The predicted octanol–water partition coefficient (Wildman–Crippen LogP) is -5.46. The summed E-state index contributed by atoms with van der Waals surface area (Å²) in [6.45, 7) is 1.09. The van der Waals surface area contributed by atoms with E-state index in [1.807, 2.05) is 36.7 Å². The van der Waals surface area contributed by atoms with Crippen molar-refractivity contribution in [1.82, 2.24) is 0 Å². The van der Waals surface area contributed by atoms with Crippen molar-refractivity contribution in [1.29, 1.82) is 0 Å². The van der Waals surface area contributed by atoms with Gasteiger partial charge in [0.25, 0.3) is 13.5 Å².